The maximum atomic E-state index is 13.0. The summed E-state index contributed by atoms with van der Waals surface area (Å²) in [7, 11) is 0. The van der Waals surface area contributed by atoms with Crippen LogP contribution in [0.3, 0.4) is 0 Å². The van der Waals surface area contributed by atoms with Crippen molar-refractivity contribution in [3.8, 4) is 0 Å². The Balaban J connectivity index is 1.45. The number of halogens is 2. The Morgan fingerprint density at radius 3 is 2.29 bits per heavy atom. The minimum atomic E-state index is -0.621. The van der Waals surface area contributed by atoms with Crippen molar-refractivity contribution in [3.05, 3.63) is 99.2 Å². The molecule has 0 aliphatic carbocycles. The minimum absolute atomic E-state index is 0.0175. The molecule has 0 bridgehead atoms. The number of anilines is 3. The smallest absolute Gasteiger partial charge is 0.283 e. The largest absolute Gasteiger partial charge is 0.350 e. The Morgan fingerprint density at radius 1 is 0.882 bits per heavy atom. The van der Waals surface area contributed by atoms with E-state index in [9.17, 15) is 14.4 Å². The van der Waals surface area contributed by atoms with Gasteiger partial charge in [-0.25, -0.2) is 4.90 Å². The van der Waals surface area contributed by atoms with Crippen LogP contribution >= 0.6 is 23.2 Å². The number of carbonyl (C=O) groups excluding carboxylic acids is 3. The van der Waals surface area contributed by atoms with E-state index in [2.05, 4.69) is 10.6 Å². The van der Waals surface area contributed by atoms with Crippen molar-refractivity contribution in [1.29, 1.82) is 0 Å². The van der Waals surface area contributed by atoms with E-state index in [-0.39, 0.29) is 23.1 Å². The molecule has 3 aromatic carbocycles. The first-order chi connectivity index (χ1) is 16.3. The van der Waals surface area contributed by atoms with Crippen molar-refractivity contribution < 1.29 is 14.4 Å². The molecule has 0 atom stereocenters. The molecule has 4 rings (SSSR count). The van der Waals surface area contributed by atoms with E-state index in [0.717, 1.165) is 21.7 Å². The lowest BCUT2D eigenvalue weighted by Crippen LogP contribution is -2.32. The average molecular weight is 494 g/mol. The topological polar surface area (TPSA) is 78.5 Å². The molecule has 1 aliphatic rings. The molecule has 0 aromatic heterocycles. The predicted molar refractivity (Wildman–Crippen MR) is 135 cm³/mol. The number of nitrogens with zero attached hydrogens (tertiary/aromatic N) is 1. The summed E-state index contributed by atoms with van der Waals surface area (Å²) in [5.74, 6) is -1.32. The van der Waals surface area contributed by atoms with Crippen molar-refractivity contribution in [2.45, 2.75) is 20.3 Å². The van der Waals surface area contributed by atoms with Gasteiger partial charge < -0.3 is 10.6 Å². The van der Waals surface area contributed by atoms with Crippen LogP contribution in [0.5, 0.6) is 0 Å². The summed E-state index contributed by atoms with van der Waals surface area (Å²) in [5, 5.41) is 6.08. The first kappa shape index (κ1) is 23.5. The van der Waals surface area contributed by atoms with Crippen molar-refractivity contribution in [1.82, 2.24) is 0 Å². The lowest BCUT2D eigenvalue weighted by atomic mass is 10.1. The first-order valence-corrected chi connectivity index (χ1v) is 11.3. The summed E-state index contributed by atoms with van der Waals surface area (Å²) in [6.45, 7) is 3.66. The van der Waals surface area contributed by atoms with Crippen LogP contribution in [-0.4, -0.2) is 17.7 Å². The average Bonchev–Trinajstić information content (AvgIpc) is 3.02. The van der Waals surface area contributed by atoms with Gasteiger partial charge in [-0.2, -0.15) is 0 Å². The molecular weight excluding hydrogens is 473 g/mol. The van der Waals surface area contributed by atoms with Gasteiger partial charge in [-0.15, -0.1) is 0 Å². The molecule has 172 valence electrons. The van der Waals surface area contributed by atoms with Gasteiger partial charge in [0.05, 0.1) is 12.1 Å². The third kappa shape index (κ3) is 4.69. The lowest BCUT2D eigenvalue weighted by Gasteiger charge is -2.18. The summed E-state index contributed by atoms with van der Waals surface area (Å²) < 4.78 is 0. The molecule has 0 unspecified atom stereocenters. The maximum absolute atomic E-state index is 13.0. The standard InChI is InChI=1S/C26H21Cl2N3O3/c1-15-6-3-4-8-20(15)30-22(32)14-17-10-12-18(13-11-17)29-24-23(28)25(33)31(26(24)34)21-9-5-7-19(27)16(21)2/h3-13,29H,14H2,1-2H3,(H,30,32). The van der Waals surface area contributed by atoms with Gasteiger partial charge in [0.25, 0.3) is 11.8 Å². The van der Waals surface area contributed by atoms with E-state index in [1.54, 1.807) is 49.4 Å². The highest BCUT2D eigenvalue weighted by molar-refractivity contribution is 6.53. The number of nitrogens with one attached hydrogen (secondary N) is 2. The quantitative estimate of drug-likeness (QED) is 0.439. The fraction of sp³-hybridized carbons (Fsp3) is 0.115. The van der Waals surface area contributed by atoms with Crippen LogP contribution in [0.1, 0.15) is 16.7 Å². The van der Waals surface area contributed by atoms with Crippen LogP contribution in [0.25, 0.3) is 0 Å². The first-order valence-electron chi connectivity index (χ1n) is 10.5. The highest BCUT2D eigenvalue weighted by Crippen LogP contribution is 2.34. The van der Waals surface area contributed by atoms with E-state index in [1.807, 2.05) is 31.2 Å². The number of para-hydroxylation sites is 1. The Morgan fingerprint density at radius 2 is 1.59 bits per heavy atom. The molecule has 1 heterocycles. The molecular formula is C26H21Cl2N3O3. The van der Waals surface area contributed by atoms with Gasteiger partial charge in [0.1, 0.15) is 10.7 Å². The molecule has 3 aromatic rings. The minimum Gasteiger partial charge on any atom is -0.350 e. The second-order valence-electron chi connectivity index (χ2n) is 7.88. The maximum Gasteiger partial charge on any atom is 0.283 e. The van der Waals surface area contributed by atoms with Crippen LogP contribution in [0, 0.1) is 13.8 Å². The van der Waals surface area contributed by atoms with Gasteiger partial charge in [-0.1, -0.05) is 59.6 Å². The molecule has 8 heteroatoms. The molecule has 0 saturated carbocycles. The Hall–Kier alpha value is -3.61. The number of carbonyl (C=O) groups is 3. The Labute approximate surface area is 207 Å². The van der Waals surface area contributed by atoms with E-state index < -0.39 is 11.8 Å². The summed E-state index contributed by atoms with van der Waals surface area (Å²) in [4.78, 5) is 39.1. The molecule has 0 saturated heterocycles. The van der Waals surface area contributed by atoms with E-state index >= 15 is 0 Å². The SMILES string of the molecule is Cc1ccccc1NC(=O)Cc1ccc(NC2=C(Cl)C(=O)N(c3cccc(Cl)c3C)C2=O)cc1. The van der Waals surface area contributed by atoms with Gasteiger partial charge in [0.2, 0.25) is 5.91 Å². The van der Waals surface area contributed by atoms with Gasteiger partial charge in [-0.05, 0) is 60.9 Å². The van der Waals surface area contributed by atoms with Crippen molar-refractivity contribution >= 4 is 58.0 Å². The molecule has 0 spiro atoms. The predicted octanol–water partition coefficient (Wildman–Crippen LogP) is 5.57. The number of hydrogen-bond acceptors (Lipinski definition) is 4. The molecule has 34 heavy (non-hydrogen) atoms. The lowest BCUT2D eigenvalue weighted by molar-refractivity contribution is -0.120. The molecule has 0 radical (unpaired) electrons. The molecule has 2 N–H and O–H groups in total. The third-order valence-corrected chi connectivity index (χ3v) is 6.27. The monoisotopic (exact) mass is 493 g/mol. The van der Waals surface area contributed by atoms with Crippen molar-refractivity contribution in [2.75, 3.05) is 15.5 Å². The van der Waals surface area contributed by atoms with Gasteiger partial charge in [0, 0.05) is 16.4 Å². The normalized spacial score (nSPS) is 13.5. The Bertz CT molecular complexity index is 1330. The van der Waals surface area contributed by atoms with E-state index in [0.29, 0.717) is 22.0 Å². The number of amides is 3. The zero-order chi connectivity index (χ0) is 24.4. The fourth-order valence-corrected chi connectivity index (χ4v) is 3.99. The number of benzene rings is 3. The number of rotatable bonds is 6. The molecule has 3 amide bonds. The Kier molecular flexibility index (Phi) is 6.72. The fourth-order valence-electron chi connectivity index (χ4n) is 3.61. The molecule has 0 fully saturated rings. The summed E-state index contributed by atoms with van der Waals surface area (Å²) in [5.41, 5.74) is 4.08. The highest BCUT2D eigenvalue weighted by Gasteiger charge is 2.39. The highest BCUT2D eigenvalue weighted by atomic mass is 35.5. The van der Waals surface area contributed by atoms with Crippen LogP contribution in [0.4, 0.5) is 17.1 Å². The van der Waals surface area contributed by atoms with Crippen LogP contribution in [0.15, 0.2) is 77.5 Å². The van der Waals surface area contributed by atoms with Gasteiger partial charge in [0.15, 0.2) is 0 Å². The van der Waals surface area contributed by atoms with Crippen molar-refractivity contribution in [3.63, 3.8) is 0 Å². The second-order valence-corrected chi connectivity index (χ2v) is 8.67. The van der Waals surface area contributed by atoms with E-state index in [4.69, 9.17) is 23.2 Å². The van der Waals surface area contributed by atoms with E-state index in [1.165, 1.54) is 0 Å². The van der Waals surface area contributed by atoms with Crippen LogP contribution < -0.4 is 15.5 Å². The number of aryl methyl sites for hydroxylation is 1. The van der Waals surface area contributed by atoms with Crippen LogP contribution in [0.2, 0.25) is 5.02 Å². The van der Waals surface area contributed by atoms with Gasteiger partial charge >= 0.3 is 0 Å². The third-order valence-electron chi connectivity index (χ3n) is 5.51. The number of imide groups is 1. The van der Waals surface area contributed by atoms with Crippen LogP contribution in [-0.2, 0) is 20.8 Å². The second kappa shape index (κ2) is 9.71. The molecule has 1 aliphatic heterocycles. The summed E-state index contributed by atoms with van der Waals surface area (Å²) in [6, 6.07) is 19.5. The number of hydrogen-bond donors (Lipinski definition) is 2. The zero-order valence-corrected chi connectivity index (χ0v) is 20.0. The van der Waals surface area contributed by atoms with Crippen molar-refractivity contribution in [2.24, 2.45) is 0 Å². The molecule has 6 nitrogen and oxygen atoms in total. The summed E-state index contributed by atoms with van der Waals surface area (Å²) in [6.07, 6.45) is 0.192. The zero-order valence-electron chi connectivity index (χ0n) is 18.5. The van der Waals surface area contributed by atoms with Gasteiger partial charge in [-0.3, -0.25) is 14.4 Å². The summed E-state index contributed by atoms with van der Waals surface area (Å²) >= 11 is 12.4.